The number of aryl methyl sites for hydroxylation is 2. The van der Waals surface area contributed by atoms with Crippen molar-refractivity contribution in [1.29, 1.82) is 0 Å². The van der Waals surface area contributed by atoms with Gasteiger partial charge in [-0.05, 0) is 32.4 Å². The van der Waals surface area contributed by atoms with E-state index in [1.54, 1.807) is 16.8 Å². The molecular formula is C15H21FN4O. The van der Waals surface area contributed by atoms with Crippen LogP contribution in [0.15, 0.2) is 18.2 Å². The van der Waals surface area contributed by atoms with Crippen LogP contribution in [0.5, 0.6) is 5.75 Å². The Morgan fingerprint density at radius 3 is 2.76 bits per heavy atom. The fraction of sp³-hybridized carbons (Fsp3) is 0.400. The molecule has 0 bridgehead atoms. The van der Waals surface area contributed by atoms with E-state index in [0.717, 1.165) is 18.7 Å². The average molecular weight is 292 g/mol. The molecule has 2 aromatic rings. The number of nitrogens with two attached hydrogens (primary N) is 1. The molecule has 2 rings (SSSR count). The average Bonchev–Trinajstić information content (AvgIpc) is 2.70. The van der Waals surface area contributed by atoms with Crippen molar-refractivity contribution in [2.45, 2.75) is 33.7 Å². The van der Waals surface area contributed by atoms with Crippen LogP contribution in [0.25, 0.3) is 0 Å². The number of nitrogens with one attached hydrogen (secondary N) is 1. The molecule has 0 spiro atoms. The molecule has 1 heterocycles. The molecular weight excluding hydrogens is 271 g/mol. The van der Waals surface area contributed by atoms with E-state index in [-0.39, 0.29) is 5.75 Å². The Balaban J connectivity index is 2.27. The fourth-order valence-electron chi connectivity index (χ4n) is 2.09. The van der Waals surface area contributed by atoms with Gasteiger partial charge in [-0.1, -0.05) is 6.92 Å². The second-order valence-corrected chi connectivity index (χ2v) is 4.77. The molecule has 0 aliphatic heterocycles. The zero-order valence-corrected chi connectivity index (χ0v) is 12.6. The summed E-state index contributed by atoms with van der Waals surface area (Å²) in [5.74, 6) is 0.533. The van der Waals surface area contributed by atoms with E-state index in [0.29, 0.717) is 23.8 Å². The predicted octanol–water partition coefficient (Wildman–Crippen LogP) is 3.47. The smallest absolute Gasteiger partial charge is 0.167 e. The van der Waals surface area contributed by atoms with Crippen molar-refractivity contribution in [3.63, 3.8) is 0 Å². The minimum Gasteiger partial charge on any atom is -0.491 e. The van der Waals surface area contributed by atoms with Crippen molar-refractivity contribution in [2.75, 3.05) is 17.7 Å². The number of hydrogen-bond donors (Lipinski definition) is 2. The van der Waals surface area contributed by atoms with E-state index in [1.165, 1.54) is 6.07 Å². The van der Waals surface area contributed by atoms with Gasteiger partial charge >= 0.3 is 0 Å². The number of nitrogen functional groups attached to an aromatic ring is 1. The molecule has 0 radical (unpaired) electrons. The van der Waals surface area contributed by atoms with Crippen molar-refractivity contribution in [2.24, 2.45) is 0 Å². The summed E-state index contributed by atoms with van der Waals surface area (Å²) in [5, 5.41) is 7.51. The zero-order chi connectivity index (χ0) is 15.4. The molecule has 5 nitrogen and oxygen atoms in total. The molecule has 0 amide bonds. The van der Waals surface area contributed by atoms with Crippen LogP contribution in [0.1, 0.15) is 26.0 Å². The zero-order valence-electron chi connectivity index (χ0n) is 12.6. The summed E-state index contributed by atoms with van der Waals surface area (Å²) in [6.07, 6.45) is 0.937. The summed E-state index contributed by atoms with van der Waals surface area (Å²) in [4.78, 5) is 0. The lowest BCUT2D eigenvalue weighted by Gasteiger charge is -2.11. The molecule has 1 aromatic carbocycles. The molecule has 0 saturated heterocycles. The van der Waals surface area contributed by atoms with Crippen LogP contribution >= 0.6 is 0 Å². The normalized spacial score (nSPS) is 10.7. The Kier molecular flexibility index (Phi) is 4.67. The first-order valence-corrected chi connectivity index (χ1v) is 7.09. The number of nitrogens with zero attached hydrogens (tertiary/aromatic N) is 2. The van der Waals surface area contributed by atoms with Gasteiger partial charge in [0.1, 0.15) is 0 Å². The van der Waals surface area contributed by atoms with Crippen molar-refractivity contribution in [3.05, 3.63) is 29.7 Å². The van der Waals surface area contributed by atoms with E-state index in [9.17, 15) is 4.39 Å². The lowest BCUT2D eigenvalue weighted by atomic mass is 10.2. The topological polar surface area (TPSA) is 65.1 Å². The van der Waals surface area contributed by atoms with Gasteiger partial charge in [0.2, 0.25) is 0 Å². The van der Waals surface area contributed by atoms with Crippen LogP contribution < -0.4 is 15.8 Å². The molecule has 114 valence electrons. The van der Waals surface area contributed by atoms with Gasteiger partial charge in [0.25, 0.3) is 0 Å². The lowest BCUT2D eigenvalue weighted by Crippen LogP contribution is -2.06. The maximum atomic E-state index is 13.9. The Morgan fingerprint density at radius 1 is 1.38 bits per heavy atom. The fourth-order valence-corrected chi connectivity index (χ4v) is 2.09. The Labute approximate surface area is 123 Å². The molecule has 1 aromatic heterocycles. The third-order valence-corrected chi connectivity index (χ3v) is 3.10. The van der Waals surface area contributed by atoms with Crippen LogP contribution in [0.3, 0.4) is 0 Å². The van der Waals surface area contributed by atoms with Crippen molar-refractivity contribution in [1.82, 2.24) is 9.78 Å². The number of ether oxygens (including phenoxy) is 1. The van der Waals surface area contributed by atoms with Gasteiger partial charge in [-0.3, -0.25) is 0 Å². The van der Waals surface area contributed by atoms with Gasteiger partial charge in [-0.2, -0.15) is 5.10 Å². The van der Waals surface area contributed by atoms with Crippen LogP contribution in [0.4, 0.5) is 21.6 Å². The maximum Gasteiger partial charge on any atom is 0.167 e. The minimum atomic E-state index is -0.404. The van der Waals surface area contributed by atoms with Crippen LogP contribution in [-0.4, -0.2) is 16.4 Å². The third-order valence-electron chi connectivity index (χ3n) is 3.10. The van der Waals surface area contributed by atoms with Gasteiger partial charge in [0.05, 0.1) is 18.0 Å². The quantitative estimate of drug-likeness (QED) is 0.855. The number of rotatable bonds is 6. The first-order valence-electron chi connectivity index (χ1n) is 7.09. The minimum absolute atomic E-state index is 0.245. The highest BCUT2D eigenvalue weighted by Gasteiger charge is 2.13. The van der Waals surface area contributed by atoms with E-state index >= 15 is 0 Å². The van der Waals surface area contributed by atoms with Crippen molar-refractivity contribution >= 4 is 17.2 Å². The SMILES string of the molecule is CCCn1nc(C)c(N)c1Nc1ccc(OCC)c(F)c1. The highest BCUT2D eigenvalue weighted by molar-refractivity contribution is 5.71. The summed E-state index contributed by atoms with van der Waals surface area (Å²) in [6.45, 7) is 6.91. The van der Waals surface area contributed by atoms with Crippen molar-refractivity contribution in [3.8, 4) is 5.75 Å². The van der Waals surface area contributed by atoms with Gasteiger partial charge in [-0.25, -0.2) is 9.07 Å². The van der Waals surface area contributed by atoms with Gasteiger partial charge < -0.3 is 15.8 Å². The Morgan fingerprint density at radius 2 is 2.14 bits per heavy atom. The molecule has 0 aliphatic carbocycles. The number of benzene rings is 1. The summed E-state index contributed by atoms with van der Waals surface area (Å²) >= 11 is 0. The number of hydrogen-bond acceptors (Lipinski definition) is 4. The van der Waals surface area contributed by atoms with Crippen molar-refractivity contribution < 1.29 is 9.13 Å². The van der Waals surface area contributed by atoms with E-state index in [2.05, 4.69) is 17.3 Å². The summed E-state index contributed by atoms with van der Waals surface area (Å²) in [5.41, 5.74) is 7.99. The standard InChI is InChI=1S/C15H21FN4O/c1-4-8-20-15(14(17)10(3)19-20)18-11-6-7-13(21-5-2)12(16)9-11/h6-7,9,18H,4-5,8,17H2,1-3H3. The second-order valence-electron chi connectivity index (χ2n) is 4.77. The largest absolute Gasteiger partial charge is 0.491 e. The number of aromatic nitrogens is 2. The Hall–Kier alpha value is -2.24. The predicted molar refractivity (Wildman–Crippen MR) is 82.5 cm³/mol. The monoisotopic (exact) mass is 292 g/mol. The highest BCUT2D eigenvalue weighted by atomic mass is 19.1. The first-order chi connectivity index (χ1) is 10.1. The third kappa shape index (κ3) is 3.26. The Bertz CT molecular complexity index is 624. The first kappa shape index (κ1) is 15.2. The van der Waals surface area contributed by atoms with E-state index in [4.69, 9.17) is 10.5 Å². The van der Waals surface area contributed by atoms with Gasteiger partial charge in [0, 0.05) is 18.3 Å². The van der Waals surface area contributed by atoms with Crippen LogP contribution in [0.2, 0.25) is 0 Å². The molecule has 0 saturated carbocycles. The molecule has 21 heavy (non-hydrogen) atoms. The second kappa shape index (κ2) is 6.47. The summed E-state index contributed by atoms with van der Waals surface area (Å²) < 4.78 is 20.9. The molecule has 3 N–H and O–H groups in total. The van der Waals surface area contributed by atoms with E-state index in [1.807, 2.05) is 13.8 Å². The van der Waals surface area contributed by atoms with Crippen LogP contribution in [0, 0.1) is 12.7 Å². The van der Waals surface area contributed by atoms with Gasteiger partial charge in [-0.15, -0.1) is 0 Å². The summed E-state index contributed by atoms with van der Waals surface area (Å²) in [6, 6.07) is 4.75. The lowest BCUT2D eigenvalue weighted by molar-refractivity contribution is 0.321. The number of halogens is 1. The molecule has 0 fully saturated rings. The summed E-state index contributed by atoms with van der Waals surface area (Å²) in [7, 11) is 0. The number of anilines is 3. The molecule has 0 unspecified atom stereocenters. The van der Waals surface area contributed by atoms with Gasteiger partial charge in [0.15, 0.2) is 17.4 Å². The van der Waals surface area contributed by atoms with E-state index < -0.39 is 5.82 Å². The maximum absolute atomic E-state index is 13.9. The molecule has 0 aliphatic rings. The highest BCUT2D eigenvalue weighted by Crippen LogP contribution is 2.28. The molecule has 6 heteroatoms. The van der Waals surface area contributed by atoms with Crippen LogP contribution in [-0.2, 0) is 6.54 Å². The molecule has 0 atom stereocenters.